The fourth-order valence-electron chi connectivity index (χ4n) is 2.29. The normalized spacial score (nSPS) is 11.3. The molecule has 1 aromatic carbocycles. The van der Waals surface area contributed by atoms with E-state index in [1.165, 1.54) is 0 Å². The third-order valence-corrected chi connectivity index (χ3v) is 3.64. The van der Waals surface area contributed by atoms with Crippen molar-refractivity contribution in [2.24, 2.45) is 0 Å². The molecule has 1 N–H and O–H groups in total. The number of nitrogens with zero attached hydrogens (tertiary/aromatic N) is 3. The molecule has 0 bridgehead atoms. The molecular weight excluding hydrogens is 300 g/mol. The van der Waals surface area contributed by atoms with E-state index in [-0.39, 0.29) is 11.3 Å². The molecule has 5 nitrogen and oxygen atoms in total. The molecule has 0 atom stereocenters. The largest absolute Gasteiger partial charge is 0.306 e. The lowest BCUT2D eigenvalue weighted by molar-refractivity contribution is 0.102. The van der Waals surface area contributed by atoms with Gasteiger partial charge in [-0.25, -0.2) is 4.68 Å². The van der Waals surface area contributed by atoms with Gasteiger partial charge in [0.15, 0.2) is 0 Å². The summed E-state index contributed by atoms with van der Waals surface area (Å²) in [5.41, 5.74) is 2.20. The Morgan fingerprint density at radius 1 is 1.08 bits per heavy atom. The topological polar surface area (TPSA) is 59.8 Å². The highest BCUT2D eigenvalue weighted by atomic mass is 16.1. The lowest BCUT2D eigenvalue weighted by Gasteiger charge is -2.14. The molecule has 0 saturated heterocycles. The number of anilines is 1. The molecule has 122 valence electrons. The maximum Gasteiger partial charge on any atom is 0.258 e. The minimum atomic E-state index is -0.208. The predicted molar refractivity (Wildman–Crippen MR) is 94.5 cm³/mol. The van der Waals surface area contributed by atoms with Crippen molar-refractivity contribution in [1.82, 2.24) is 14.8 Å². The quantitative estimate of drug-likeness (QED) is 0.798. The van der Waals surface area contributed by atoms with Crippen molar-refractivity contribution in [1.29, 1.82) is 0 Å². The van der Waals surface area contributed by atoms with Crippen LogP contribution in [-0.4, -0.2) is 20.7 Å². The van der Waals surface area contributed by atoms with Gasteiger partial charge in [-0.2, -0.15) is 5.10 Å². The van der Waals surface area contributed by atoms with Crippen molar-refractivity contribution in [2.75, 3.05) is 5.32 Å². The van der Waals surface area contributed by atoms with Gasteiger partial charge in [-0.05, 0) is 24.3 Å². The lowest BCUT2D eigenvalue weighted by Crippen LogP contribution is -2.15. The van der Waals surface area contributed by atoms with Gasteiger partial charge >= 0.3 is 0 Å². The van der Waals surface area contributed by atoms with Crippen molar-refractivity contribution < 1.29 is 4.79 Å². The van der Waals surface area contributed by atoms with Crippen LogP contribution in [0.5, 0.6) is 0 Å². The molecule has 0 radical (unpaired) electrons. The molecule has 0 spiro atoms. The van der Waals surface area contributed by atoms with Gasteiger partial charge in [0.05, 0.1) is 16.9 Å². The average Bonchev–Trinajstić information content (AvgIpc) is 3.00. The highest BCUT2D eigenvalue weighted by Crippen LogP contribution is 2.26. The van der Waals surface area contributed by atoms with Gasteiger partial charge in [0, 0.05) is 23.9 Å². The van der Waals surface area contributed by atoms with Crippen LogP contribution in [0, 0.1) is 0 Å². The fourth-order valence-corrected chi connectivity index (χ4v) is 2.29. The van der Waals surface area contributed by atoms with Crippen LogP contribution in [0.3, 0.4) is 0 Å². The Hall–Kier alpha value is -2.95. The number of nitrogens with one attached hydrogen (secondary N) is 1. The second-order valence-corrected chi connectivity index (χ2v) is 6.61. The molecule has 3 rings (SSSR count). The van der Waals surface area contributed by atoms with Crippen molar-refractivity contribution in [2.45, 2.75) is 26.2 Å². The standard InChI is InChI=1S/C19H20N4O/c1-19(2,3)16-12-17(21-18(24)14-8-7-11-20-13-14)23(22-16)15-9-5-4-6-10-15/h4-13H,1-3H3,(H,21,24). The van der Waals surface area contributed by atoms with Gasteiger partial charge in [-0.1, -0.05) is 39.0 Å². The second kappa shape index (κ2) is 6.28. The van der Waals surface area contributed by atoms with E-state index in [4.69, 9.17) is 0 Å². The zero-order valence-electron chi connectivity index (χ0n) is 14.0. The van der Waals surface area contributed by atoms with Gasteiger partial charge in [0.2, 0.25) is 0 Å². The van der Waals surface area contributed by atoms with Crippen LogP contribution in [0.1, 0.15) is 36.8 Å². The van der Waals surface area contributed by atoms with Gasteiger partial charge in [-0.3, -0.25) is 9.78 Å². The molecule has 2 aromatic heterocycles. The Morgan fingerprint density at radius 2 is 1.83 bits per heavy atom. The van der Waals surface area contributed by atoms with Crippen molar-refractivity contribution >= 4 is 11.7 Å². The average molecular weight is 320 g/mol. The van der Waals surface area contributed by atoms with E-state index in [1.807, 2.05) is 36.4 Å². The number of amides is 1. The zero-order chi connectivity index (χ0) is 17.2. The molecule has 5 heteroatoms. The number of carbonyl (C=O) groups excluding carboxylic acids is 1. The van der Waals surface area contributed by atoms with Crippen molar-refractivity contribution in [3.8, 4) is 5.69 Å². The predicted octanol–water partition coefficient (Wildman–Crippen LogP) is 3.82. The number of carbonyl (C=O) groups is 1. The Labute approximate surface area is 141 Å². The lowest BCUT2D eigenvalue weighted by atomic mass is 9.92. The first-order valence-corrected chi connectivity index (χ1v) is 7.82. The van der Waals surface area contributed by atoms with Gasteiger partial charge < -0.3 is 5.32 Å². The van der Waals surface area contributed by atoms with Gasteiger partial charge in [0.25, 0.3) is 5.91 Å². The summed E-state index contributed by atoms with van der Waals surface area (Å²) in [6.07, 6.45) is 3.19. The Bertz CT molecular complexity index is 833. The molecule has 24 heavy (non-hydrogen) atoms. The number of rotatable bonds is 3. The highest BCUT2D eigenvalue weighted by Gasteiger charge is 2.21. The number of benzene rings is 1. The molecule has 2 heterocycles. The molecule has 0 aliphatic carbocycles. The summed E-state index contributed by atoms with van der Waals surface area (Å²) in [6.45, 7) is 6.28. The van der Waals surface area contributed by atoms with E-state index in [0.717, 1.165) is 11.4 Å². The third kappa shape index (κ3) is 3.35. The van der Waals surface area contributed by atoms with E-state index < -0.39 is 0 Å². The summed E-state index contributed by atoms with van der Waals surface area (Å²) in [6, 6.07) is 15.1. The van der Waals surface area contributed by atoms with Crippen LogP contribution >= 0.6 is 0 Å². The molecule has 1 amide bonds. The molecule has 0 aliphatic rings. The van der Waals surface area contributed by atoms with Crippen LogP contribution < -0.4 is 5.32 Å². The summed E-state index contributed by atoms with van der Waals surface area (Å²) >= 11 is 0. The summed E-state index contributed by atoms with van der Waals surface area (Å²) in [7, 11) is 0. The van der Waals surface area contributed by atoms with E-state index in [9.17, 15) is 4.79 Å². The number of hydrogen-bond donors (Lipinski definition) is 1. The minimum absolute atomic E-state index is 0.117. The number of hydrogen-bond acceptors (Lipinski definition) is 3. The maximum absolute atomic E-state index is 12.5. The first-order chi connectivity index (χ1) is 11.4. The second-order valence-electron chi connectivity index (χ2n) is 6.61. The molecule has 0 fully saturated rings. The monoisotopic (exact) mass is 320 g/mol. The van der Waals surface area contributed by atoms with Gasteiger partial charge in [0.1, 0.15) is 5.82 Å². The minimum Gasteiger partial charge on any atom is -0.306 e. The van der Waals surface area contributed by atoms with E-state index >= 15 is 0 Å². The molecular formula is C19H20N4O. The van der Waals surface area contributed by atoms with E-state index in [2.05, 4.69) is 36.2 Å². The van der Waals surface area contributed by atoms with Crippen LogP contribution in [-0.2, 0) is 5.41 Å². The number of aromatic nitrogens is 3. The summed E-state index contributed by atoms with van der Waals surface area (Å²) in [5.74, 6) is 0.431. The maximum atomic E-state index is 12.5. The molecule has 0 unspecified atom stereocenters. The van der Waals surface area contributed by atoms with Crippen LogP contribution in [0.4, 0.5) is 5.82 Å². The number of para-hydroxylation sites is 1. The molecule has 3 aromatic rings. The Balaban J connectivity index is 2.00. The van der Waals surface area contributed by atoms with Crippen LogP contribution in [0.2, 0.25) is 0 Å². The summed E-state index contributed by atoms with van der Waals surface area (Å²) in [5, 5.41) is 7.62. The molecule has 0 saturated carbocycles. The summed E-state index contributed by atoms with van der Waals surface area (Å²) in [4.78, 5) is 16.5. The van der Waals surface area contributed by atoms with Crippen LogP contribution in [0.25, 0.3) is 5.69 Å². The highest BCUT2D eigenvalue weighted by molar-refractivity contribution is 6.03. The first kappa shape index (κ1) is 15.9. The zero-order valence-corrected chi connectivity index (χ0v) is 14.0. The van der Waals surface area contributed by atoms with Crippen molar-refractivity contribution in [3.05, 3.63) is 72.2 Å². The number of pyridine rings is 1. The van der Waals surface area contributed by atoms with E-state index in [1.54, 1.807) is 29.2 Å². The molecule has 0 aliphatic heterocycles. The van der Waals surface area contributed by atoms with Gasteiger partial charge in [-0.15, -0.1) is 0 Å². The van der Waals surface area contributed by atoms with Crippen molar-refractivity contribution in [3.63, 3.8) is 0 Å². The smallest absolute Gasteiger partial charge is 0.258 e. The Morgan fingerprint density at radius 3 is 2.46 bits per heavy atom. The summed E-state index contributed by atoms with van der Waals surface area (Å²) < 4.78 is 1.76. The Kier molecular flexibility index (Phi) is 4.16. The fraction of sp³-hybridized carbons (Fsp3) is 0.211. The SMILES string of the molecule is CC(C)(C)c1cc(NC(=O)c2cccnc2)n(-c2ccccc2)n1. The first-order valence-electron chi connectivity index (χ1n) is 7.82. The third-order valence-electron chi connectivity index (χ3n) is 3.64. The van der Waals surface area contributed by atoms with E-state index in [0.29, 0.717) is 11.4 Å². The van der Waals surface area contributed by atoms with Crippen LogP contribution in [0.15, 0.2) is 60.9 Å².